The van der Waals surface area contributed by atoms with E-state index in [0.717, 1.165) is 0 Å². The van der Waals surface area contributed by atoms with Crippen molar-refractivity contribution in [3.63, 3.8) is 0 Å². The van der Waals surface area contributed by atoms with Gasteiger partial charge in [-0.3, -0.25) is 9.69 Å². The normalized spacial score (nSPS) is 17.7. The first kappa shape index (κ1) is 14.5. The molecule has 4 heteroatoms. The second-order valence-electron chi connectivity index (χ2n) is 5.51. The van der Waals surface area contributed by atoms with Crippen LogP contribution < -0.4 is 0 Å². The van der Waals surface area contributed by atoms with Crippen molar-refractivity contribution in [1.29, 1.82) is 0 Å². The topological polar surface area (TPSA) is 49.8 Å². The van der Waals surface area contributed by atoms with Crippen molar-refractivity contribution in [2.45, 2.75) is 45.6 Å². The molecule has 1 aliphatic carbocycles. The molecule has 0 unspecified atom stereocenters. The maximum absolute atomic E-state index is 11.7. The summed E-state index contributed by atoms with van der Waals surface area (Å²) >= 11 is 0. The van der Waals surface area contributed by atoms with Crippen LogP contribution in [0.3, 0.4) is 0 Å². The van der Waals surface area contributed by atoms with Crippen LogP contribution in [0.5, 0.6) is 0 Å². The largest absolute Gasteiger partial charge is 0.469 e. The highest BCUT2D eigenvalue weighted by Crippen LogP contribution is 2.27. The summed E-state index contributed by atoms with van der Waals surface area (Å²) in [6.07, 6.45) is 4.87. The number of nitrogens with zero attached hydrogens (tertiary/aromatic N) is 1. The first-order valence-corrected chi connectivity index (χ1v) is 6.44. The Balaban J connectivity index is 2.61. The zero-order valence-corrected chi connectivity index (χ0v) is 11.2. The summed E-state index contributed by atoms with van der Waals surface area (Å²) in [6, 6.07) is 0.520. The molecule has 0 aromatic heterocycles. The molecular formula is C13H25NO3. The van der Waals surface area contributed by atoms with Gasteiger partial charge in [-0.2, -0.15) is 0 Å². The number of methoxy groups -OCH3 is 1. The Hall–Kier alpha value is -0.610. The first-order chi connectivity index (χ1) is 8.01. The molecule has 0 aromatic rings. The van der Waals surface area contributed by atoms with Crippen LogP contribution in [0.15, 0.2) is 0 Å². The molecule has 1 aliphatic rings. The molecule has 0 aliphatic heterocycles. The molecule has 0 saturated heterocycles. The van der Waals surface area contributed by atoms with Gasteiger partial charge in [0.2, 0.25) is 0 Å². The number of hydrogen-bond donors (Lipinski definition) is 1. The molecular weight excluding hydrogens is 218 g/mol. The van der Waals surface area contributed by atoms with E-state index >= 15 is 0 Å². The molecule has 4 nitrogen and oxygen atoms in total. The van der Waals surface area contributed by atoms with Gasteiger partial charge in [-0.05, 0) is 26.7 Å². The average Bonchev–Trinajstić information content (AvgIpc) is 2.80. The van der Waals surface area contributed by atoms with E-state index in [1.54, 1.807) is 0 Å². The lowest BCUT2D eigenvalue weighted by atomic mass is 9.92. The Bertz CT molecular complexity index is 247. The maximum Gasteiger partial charge on any atom is 0.312 e. The van der Waals surface area contributed by atoms with Crippen molar-refractivity contribution < 1.29 is 14.6 Å². The molecule has 0 atom stereocenters. The van der Waals surface area contributed by atoms with Crippen molar-refractivity contribution in [1.82, 2.24) is 4.90 Å². The van der Waals surface area contributed by atoms with Crippen LogP contribution in [-0.2, 0) is 9.53 Å². The zero-order chi connectivity index (χ0) is 12.9. The van der Waals surface area contributed by atoms with Gasteiger partial charge < -0.3 is 9.84 Å². The molecule has 1 rings (SSSR count). The van der Waals surface area contributed by atoms with E-state index in [2.05, 4.69) is 4.90 Å². The lowest BCUT2D eigenvalue weighted by molar-refractivity contribution is -0.152. The van der Waals surface area contributed by atoms with Gasteiger partial charge in [-0.25, -0.2) is 0 Å². The van der Waals surface area contributed by atoms with Crippen molar-refractivity contribution >= 4 is 5.97 Å². The predicted octanol–water partition coefficient (Wildman–Crippen LogP) is 1.42. The van der Waals surface area contributed by atoms with E-state index in [1.807, 2.05) is 13.8 Å². The van der Waals surface area contributed by atoms with Gasteiger partial charge >= 0.3 is 5.97 Å². The standard InChI is InChI=1S/C13H25NO3/c1-13(2,12(16)17-3)10-14(8-9-15)11-6-4-5-7-11/h11,15H,4-10H2,1-3H3. The zero-order valence-electron chi connectivity index (χ0n) is 11.2. The summed E-state index contributed by atoms with van der Waals surface area (Å²) in [6.45, 7) is 5.25. The minimum atomic E-state index is -0.507. The molecule has 100 valence electrons. The summed E-state index contributed by atoms with van der Waals surface area (Å²) in [5, 5.41) is 9.13. The van der Waals surface area contributed by atoms with E-state index in [-0.39, 0.29) is 12.6 Å². The van der Waals surface area contributed by atoms with Crippen LogP contribution in [0.25, 0.3) is 0 Å². The number of esters is 1. The Morgan fingerprint density at radius 2 is 2.00 bits per heavy atom. The van der Waals surface area contributed by atoms with Crippen molar-refractivity contribution in [3.05, 3.63) is 0 Å². The van der Waals surface area contributed by atoms with Crippen molar-refractivity contribution in [2.75, 3.05) is 26.8 Å². The third kappa shape index (κ3) is 3.96. The lowest BCUT2D eigenvalue weighted by Gasteiger charge is -2.34. The Morgan fingerprint density at radius 1 is 1.41 bits per heavy atom. The van der Waals surface area contributed by atoms with Crippen LogP contribution in [0, 0.1) is 5.41 Å². The fraction of sp³-hybridized carbons (Fsp3) is 0.923. The van der Waals surface area contributed by atoms with Gasteiger partial charge in [0, 0.05) is 19.1 Å². The molecule has 0 heterocycles. The third-order valence-corrected chi connectivity index (χ3v) is 3.56. The fourth-order valence-electron chi connectivity index (χ4n) is 2.64. The predicted molar refractivity (Wildman–Crippen MR) is 66.7 cm³/mol. The second-order valence-corrected chi connectivity index (χ2v) is 5.51. The van der Waals surface area contributed by atoms with E-state index in [0.29, 0.717) is 19.1 Å². The molecule has 0 bridgehead atoms. The number of aliphatic hydroxyl groups excluding tert-OH is 1. The molecule has 0 radical (unpaired) electrons. The lowest BCUT2D eigenvalue weighted by Crippen LogP contribution is -2.45. The van der Waals surface area contributed by atoms with Crippen molar-refractivity contribution in [3.8, 4) is 0 Å². The van der Waals surface area contributed by atoms with Crippen molar-refractivity contribution in [2.24, 2.45) is 5.41 Å². The molecule has 1 N–H and O–H groups in total. The maximum atomic E-state index is 11.7. The molecule has 0 aromatic carbocycles. The monoisotopic (exact) mass is 243 g/mol. The van der Waals surface area contributed by atoms with Gasteiger partial charge in [0.05, 0.1) is 19.1 Å². The van der Waals surface area contributed by atoms with Crippen LogP contribution in [0.1, 0.15) is 39.5 Å². The second kappa shape index (κ2) is 6.36. The highest BCUT2D eigenvalue weighted by molar-refractivity contribution is 5.76. The highest BCUT2D eigenvalue weighted by atomic mass is 16.5. The minimum absolute atomic E-state index is 0.147. The highest BCUT2D eigenvalue weighted by Gasteiger charge is 2.34. The van der Waals surface area contributed by atoms with Gasteiger partial charge in [0.15, 0.2) is 0 Å². The number of ether oxygens (including phenoxy) is 1. The molecule has 0 amide bonds. The molecule has 1 fully saturated rings. The minimum Gasteiger partial charge on any atom is -0.469 e. The number of hydrogen-bond acceptors (Lipinski definition) is 4. The number of carbonyl (C=O) groups excluding carboxylic acids is 1. The van der Waals surface area contributed by atoms with Crippen LogP contribution in [-0.4, -0.2) is 48.8 Å². The smallest absolute Gasteiger partial charge is 0.312 e. The number of aliphatic hydroxyl groups is 1. The molecule has 17 heavy (non-hydrogen) atoms. The number of carbonyl (C=O) groups is 1. The van der Waals surface area contributed by atoms with Crippen LogP contribution in [0.4, 0.5) is 0 Å². The van der Waals surface area contributed by atoms with Gasteiger partial charge in [0.25, 0.3) is 0 Å². The Kier molecular flexibility index (Phi) is 5.40. The molecule has 0 spiro atoms. The van der Waals surface area contributed by atoms with Gasteiger partial charge in [0.1, 0.15) is 0 Å². The van der Waals surface area contributed by atoms with E-state index in [1.165, 1.54) is 32.8 Å². The molecule has 1 saturated carbocycles. The Morgan fingerprint density at radius 3 is 2.47 bits per heavy atom. The quantitative estimate of drug-likeness (QED) is 0.717. The third-order valence-electron chi connectivity index (χ3n) is 3.56. The van der Waals surface area contributed by atoms with Crippen LogP contribution >= 0.6 is 0 Å². The van der Waals surface area contributed by atoms with E-state index in [4.69, 9.17) is 9.84 Å². The summed E-state index contributed by atoms with van der Waals surface area (Å²) in [5.41, 5.74) is -0.507. The van der Waals surface area contributed by atoms with E-state index < -0.39 is 5.41 Å². The number of rotatable bonds is 6. The summed E-state index contributed by atoms with van der Waals surface area (Å²) in [5.74, 6) is -0.182. The first-order valence-electron chi connectivity index (χ1n) is 6.44. The SMILES string of the molecule is COC(=O)C(C)(C)CN(CCO)C1CCCC1. The summed E-state index contributed by atoms with van der Waals surface area (Å²) in [4.78, 5) is 13.9. The van der Waals surface area contributed by atoms with E-state index in [9.17, 15) is 4.79 Å². The van der Waals surface area contributed by atoms with Crippen LogP contribution in [0.2, 0.25) is 0 Å². The fourth-order valence-corrected chi connectivity index (χ4v) is 2.64. The summed E-state index contributed by atoms with van der Waals surface area (Å²) < 4.78 is 4.83. The Labute approximate surface area is 104 Å². The van der Waals surface area contributed by atoms with Gasteiger partial charge in [-0.1, -0.05) is 12.8 Å². The van der Waals surface area contributed by atoms with Gasteiger partial charge in [-0.15, -0.1) is 0 Å². The average molecular weight is 243 g/mol. The summed E-state index contributed by atoms with van der Waals surface area (Å²) in [7, 11) is 1.43.